The maximum Gasteiger partial charge on any atom is 0.412 e. The van der Waals surface area contributed by atoms with E-state index in [9.17, 15) is 9.59 Å². The average Bonchev–Trinajstić information content (AvgIpc) is 3.32. The minimum Gasteiger partial charge on any atom is -0.469 e. The SMILES string of the molecule is COC(=O)CCC12CCC(c3ccc(-c4onc(C)c4NC(=O)OC(C)c4ccccc4)cc3)(CC1)OC2. The van der Waals surface area contributed by atoms with E-state index in [2.05, 4.69) is 22.6 Å². The standard InChI is InChI=1S/C30H34N2O6/c1-20-26(31-28(34)37-21(2)22-7-5-4-6-8-22)27(38-32-20)23-9-11-24(12-10-23)30-17-15-29(16-18-30,19-36-30)14-13-25(33)35-3/h4-12,21H,13-19H2,1-3H3,(H,31,34). The van der Waals surface area contributed by atoms with Gasteiger partial charge in [-0.05, 0) is 62.5 Å². The van der Waals surface area contributed by atoms with Gasteiger partial charge < -0.3 is 18.7 Å². The van der Waals surface area contributed by atoms with Crippen LogP contribution in [0.15, 0.2) is 59.1 Å². The first-order valence-corrected chi connectivity index (χ1v) is 13.1. The third kappa shape index (κ3) is 5.18. The largest absolute Gasteiger partial charge is 0.469 e. The fourth-order valence-corrected chi connectivity index (χ4v) is 5.65. The first-order chi connectivity index (χ1) is 18.3. The minimum absolute atomic E-state index is 0.0699. The molecular weight excluding hydrogens is 484 g/mol. The first kappa shape index (κ1) is 26.0. The number of benzene rings is 2. The molecule has 1 saturated carbocycles. The van der Waals surface area contributed by atoms with Crippen molar-refractivity contribution in [3.63, 3.8) is 0 Å². The number of nitrogens with one attached hydrogen (secondary N) is 1. The normalized spacial score (nSPS) is 23.0. The zero-order valence-corrected chi connectivity index (χ0v) is 22.1. The number of nitrogens with zero attached hydrogens (tertiary/aromatic N) is 1. The van der Waals surface area contributed by atoms with Crippen LogP contribution in [0.25, 0.3) is 11.3 Å². The monoisotopic (exact) mass is 518 g/mol. The van der Waals surface area contributed by atoms with Crippen LogP contribution in [-0.2, 0) is 24.6 Å². The van der Waals surface area contributed by atoms with E-state index in [1.807, 2.05) is 49.4 Å². The molecule has 38 heavy (non-hydrogen) atoms. The molecule has 3 heterocycles. The van der Waals surface area contributed by atoms with E-state index in [-0.39, 0.29) is 17.0 Å². The Bertz CT molecular complexity index is 1260. The van der Waals surface area contributed by atoms with Gasteiger partial charge in [0.15, 0.2) is 5.76 Å². The summed E-state index contributed by atoms with van der Waals surface area (Å²) in [6.45, 7) is 4.27. The van der Waals surface area contributed by atoms with Crippen molar-refractivity contribution >= 4 is 17.7 Å². The van der Waals surface area contributed by atoms with Crippen LogP contribution in [0.1, 0.15) is 68.4 Å². The van der Waals surface area contributed by atoms with Crippen LogP contribution in [0, 0.1) is 12.3 Å². The Balaban J connectivity index is 1.25. The van der Waals surface area contributed by atoms with E-state index in [1.165, 1.54) is 7.11 Å². The summed E-state index contributed by atoms with van der Waals surface area (Å²) in [5.41, 5.74) is 3.66. The number of aromatic nitrogens is 1. The second-order valence-corrected chi connectivity index (χ2v) is 10.5. The molecule has 1 N–H and O–H groups in total. The lowest BCUT2D eigenvalue weighted by atomic mass is 9.62. The Labute approximate surface area is 222 Å². The summed E-state index contributed by atoms with van der Waals surface area (Å²) < 4.78 is 22.4. The Hall–Kier alpha value is -3.65. The van der Waals surface area contributed by atoms with Crippen molar-refractivity contribution in [3.8, 4) is 11.3 Å². The van der Waals surface area contributed by atoms with E-state index in [4.69, 9.17) is 18.7 Å². The summed E-state index contributed by atoms with van der Waals surface area (Å²) in [5.74, 6) is 0.318. The van der Waals surface area contributed by atoms with Gasteiger partial charge in [0.1, 0.15) is 17.5 Å². The number of ether oxygens (including phenoxy) is 3. The van der Waals surface area contributed by atoms with E-state index < -0.39 is 12.2 Å². The molecule has 3 aromatic rings. The molecule has 1 aromatic heterocycles. The van der Waals surface area contributed by atoms with Gasteiger partial charge in [-0.2, -0.15) is 0 Å². The molecule has 200 valence electrons. The highest BCUT2D eigenvalue weighted by atomic mass is 16.6. The van der Waals surface area contributed by atoms with Gasteiger partial charge >= 0.3 is 12.1 Å². The van der Waals surface area contributed by atoms with Gasteiger partial charge in [-0.25, -0.2) is 4.79 Å². The molecule has 0 spiro atoms. The van der Waals surface area contributed by atoms with E-state index in [0.717, 1.165) is 48.8 Å². The average molecular weight is 519 g/mol. The smallest absolute Gasteiger partial charge is 0.412 e. The second kappa shape index (κ2) is 10.6. The van der Waals surface area contributed by atoms with Crippen molar-refractivity contribution in [2.24, 2.45) is 5.41 Å². The number of fused-ring (bicyclic) bond motifs is 3. The van der Waals surface area contributed by atoms with E-state index in [0.29, 0.717) is 30.2 Å². The minimum atomic E-state index is -0.571. The molecule has 2 saturated heterocycles. The fourth-order valence-electron chi connectivity index (χ4n) is 5.65. The van der Waals surface area contributed by atoms with Gasteiger partial charge in [0, 0.05) is 12.0 Å². The van der Waals surface area contributed by atoms with Crippen LogP contribution in [0.3, 0.4) is 0 Å². The lowest BCUT2D eigenvalue weighted by Crippen LogP contribution is -2.49. The van der Waals surface area contributed by atoms with Crippen LogP contribution in [0.5, 0.6) is 0 Å². The summed E-state index contributed by atoms with van der Waals surface area (Å²) >= 11 is 0. The molecule has 1 unspecified atom stereocenters. The highest BCUT2D eigenvalue weighted by Crippen LogP contribution is 2.55. The molecule has 2 aliphatic heterocycles. The quantitative estimate of drug-likeness (QED) is 0.331. The van der Waals surface area contributed by atoms with Crippen molar-refractivity contribution < 1.29 is 28.3 Å². The maximum absolute atomic E-state index is 12.7. The zero-order chi connectivity index (χ0) is 26.8. The molecule has 1 atom stereocenters. The van der Waals surface area contributed by atoms with Gasteiger partial charge in [-0.3, -0.25) is 10.1 Å². The summed E-state index contributed by atoms with van der Waals surface area (Å²) in [6, 6.07) is 17.7. The van der Waals surface area contributed by atoms with Gasteiger partial charge in [-0.1, -0.05) is 59.8 Å². The lowest BCUT2D eigenvalue weighted by molar-refractivity contribution is -0.192. The summed E-state index contributed by atoms with van der Waals surface area (Å²) in [4.78, 5) is 24.3. The molecule has 1 amide bonds. The van der Waals surface area contributed by atoms with Crippen LogP contribution in [0.2, 0.25) is 0 Å². The van der Waals surface area contributed by atoms with Gasteiger partial charge in [0.2, 0.25) is 0 Å². The summed E-state index contributed by atoms with van der Waals surface area (Å²) in [5, 5.41) is 6.89. The van der Waals surface area contributed by atoms with Gasteiger partial charge in [-0.15, -0.1) is 0 Å². The maximum atomic E-state index is 12.7. The number of carbonyl (C=O) groups is 2. The molecule has 2 aromatic carbocycles. The topological polar surface area (TPSA) is 99.9 Å². The van der Waals surface area contributed by atoms with Crippen molar-refractivity contribution in [3.05, 3.63) is 71.4 Å². The molecular formula is C30H34N2O6. The second-order valence-electron chi connectivity index (χ2n) is 10.5. The molecule has 1 aliphatic carbocycles. The van der Waals surface area contributed by atoms with Crippen LogP contribution >= 0.6 is 0 Å². The number of carbonyl (C=O) groups excluding carboxylic acids is 2. The Morgan fingerprint density at radius 2 is 1.76 bits per heavy atom. The van der Waals surface area contributed by atoms with Crippen LogP contribution in [-0.4, -0.2) is 30.9 Å². The summed E-state index contributed by atoms with van der Waals surface area (Å²) in [6.07, 6.45) is 4.19. The van der Waals surface area contributed by atoms with E-state index in [1.54, 1.807) is 6.92 Å². The zero-order valence-electron chi connectivity index (χ0n) is 22.1. The third-order valence-corrected chi connectivity index (χ3v) is 8.18. The van der Waals surface area contributed by atoms with E-state index >= 15 is 0 Å². The molecule has 3 fully saturated rings. The number of esters is 1. The Kier molecular flexibility index (Phi) is 7.25. The molecule has 2 bridgehead atoms. The number of aryl methyl sites for hydroxylation is 1. The molecule has 6 rings (SSSR count). The first-order valence-electron chi connectivity index (χ1n) is 13.1. The van der Waals surface area contributed by atoms with Crippen molar-refractivity contribution in [2.45, 2.75) is 64.1 Å². The Morgan fingerprint density at radius 3 is 2.39 bits per heavy atom. The molecule has 3 aliphatic rings. The van der Waals surface area contributed by atoms with Crippen LogP contribution in [0.4, 0.5) is 10.5 Å². The highest BCUT2D eigenvalue weighted by Gasteiger charge is 2.50. The summed E-state index contributed by atoms with van der Waals surface area (Å²) in [7, 11) is 1.43. The van der Waals surface area contributed by atoms with Crippen molar-refractivity contribution in [1.82, 2.24) is 5.16 Å². The predicted octanol–water partition coefficient (Wildman–Crippen LogP) is 6.70. The number of hydrogen-bond donors (Lipinski definition) is 1. The van der Waals surface area contributed by atoms with Crippen molar-refractivity contribution in [2.75, 3.05) is 19.0 Å². The van der Waals surface area contributed by atoms with Gasteiger partial charge in [0.05, 0.1) is 19.3 Å². The number of methoxy groups -OCH3 is 1. The molecule has 8 heteroatoms. The third-order valence-electron chi connectivity index (χ3n) is 8.18. The fraction of sp³-hybridized carbons (Fsp3) is 0.433. The van der Waals surface area contributed by atoms with Crippen LogP contribution < -0.4 is 5.32 Å². The number of rotatable bonds is 8. The number of anilines is 1. The molecule has 8 nitrogen and oxygen atoms in total. The number of amides is 1. The van der Waals surface area contributed by atoms with Crippen molar-refractivity contribution in [1.29, 1.82) is 0 Å². The Morgan fingerprint density at radius 1 is 1.05 bits per heavy atom. The van der Waals surface area contributed by atoms with Gasteiger partial charge in [0.25, 0.3) is 0 Å². The number of hydrogen-bond acceptors (Lipinski definition) is 7. The predicted molar refractivity (Wildman–Crippen MR) is 141 cm³/mol. The molecule has 0 radical (unpaired) electrons. The lowest BCUT2D eigenvalue weighted by Gasteiger charge is -2.53. The highest BCUT2D eigenvalue weighted by molar-refractivity contribution is 5.90.